The first kappa shape index (κ1) is 13.8. The van der Waals surface area contributed by atoms with Crippen LogP contribution >= 0.6 is 0 Å². The minimum atomic E-state index is -0.243. The first-order valence-corrected chi connectivity index (χ1v) is 6.52. The van der Waals surface area contributed by atoms with E-state index in [1.807, 2.05) is 0 Å². The molecule has 100 valence electrons. The van der Waals surface area contributed by atoms with Crippen molar-refractivity contribution < 1.29 is 9.50 Å². The SMILES string of the molecule is Cc1ccc(C)c(CC(CO)c2ccc(F)cc2)c1. The quantitative estimate of drug-likeness (QED) is 0.885. The average Bonchev–Trinajstić information content (AvgIpc) is 2.41. The van der Waals surface area contributed by atoms with E-state index in [4.69, 9.17) is 0 Å². The molecule has 0 spiro atoms. The summed E-state index contributed by atoms with van der Waals surface area (Å²) in [5, 5.41) is 9.58. The summed E-state index contributed by atoms with van der Waals surface area (Å²) < 4.78 is 12.9. The Morgan fingerprint density at radius 2 is 1.74 bits per heavy atom. The van der Waals surface area contributed by atoms with E-state index in [0.29, 0.717) is 0 Å². The summed E-state index contributed by atoms with van der Waals surface area (Å²) in [7, 11) is 0. The summed E-state index contributed by atoms with van der Waals surface area (Å²) in [5.41, 5.74) is 4.66. The zero-order valence-corrected chi connectivity index (χ0v) is 11.4. The van der Waals surface area contributed by atoms with E-state index in [1.165, 1.54) is 28.8 Å². The lowest BCUT2D eigenvalue weighted by atomic mass is 9.90. The third kappa shape index (κ3) is 3.42. The molecule has 1 N–H and O–H groups in total. The van der Waals surface area contributed by atoms with Crippen molar-refractivity contribution in [2.75, 3.05) is 6.61 Å². The molecule has 0 aliphatic rings. The van der Waals surface area contributed by atoms with E-state index in [-0.39, 0.29) is 18.3 Å². The lowest BCUT2D eigenvalue weighted by molar-refractivity contribution is 0.264. The predicted octanol–water partition coefficient (Wildman–Crippen LogP) is 3.76. The summed E-state index contributed by atoms with van der Waals surface area (Å²) in [6, 6.07) is 12.7. The largest absolute Gasteiger partial charge is 0.396 e. The molecule has 0 bridgehead atoms. The third-order valence-corrected chi connectivity index (χ3v) is 3.53. The molecule has 0 aliphatic carbocycles. The van der Waals surface area contributed by atoms with Crippen molar-refractivity contribution in [3.63, 3.8) is 0 Å². The molecule has 1 atom stereocenters. The molecule has 0 heterocycles. The molecular weight excluding hydrogens is 239 g/mol. The highest BCUT2D eigenvalue weighted by Crippen LogP contribution is 2.23. The van der Waals surface area contributed by atoms with Crippen LogP contribution in [0.3, 0.4) is 0 Å². The van der Waals surface area contributed by atoms with Crippen molar-refractivity contribution in [3.8, 4) is 0 Å². The van der Waals surface area contributed by atoms with Crippen molar-refractivity contribution >= 4 is 0 Å². The molecule has 0 aromatic heterocycles. The summed E-state index contributed by atoms with van der Waals surface area (Å²) in [4.78, 5) is 0. The Bertz CT molecular complexity index is 546. The molecular formula is C17H19FO. The van der Waals surface area contributed by atoms with Crippen molar-refractivity contribution in [1.29, 1.82) is 0 Å². The fraction of sp³-hybridized carbons (Fsp3) is 0.294. The van der Waals surface area contributed by atoms with Gasteiger partial charge in [0.05, 0.1) is 6.61 Å². The predicted molar refractivity (Wildman–Crippen MR) is 75.8 cm³/mol. The first-order chi connectivity index (χ1) is 9.10. The summed E-state index contributed by atoms with van der Waals surface area (Å²) >= 11 is 0. The molecule has 0 radical (unpaired) electrons. The van der Waals surface area contributed by atoms with Gasteiger partial charge in [0.25, 0.3) is 0 Å². The highest BCUT2D eigenvalue weighted by molar-refractivity contribution is 5.33. The fourth-order valence-electron chi connectivity index (χ4n) is 2.31. The van der Waals surface area contributed by atoms with Crippen LogP contribution in [0.15, 0.2) is 42.5 Å². The van der Waals surface area contributed by atoms with Crippen molar-refractivity contribution in [2.24, 2.45) is 0 Å². The third-order valence-electron chi connectivity index (χ3n) is 3.53. The molecule has 0 amide bonds. The Morgan fingerprint density at radius 3 is 2.37 bits per heavy atom. The van der Waals surface area contributed by atoms with Crippen LogP contribution in [0.2, 0.25) is 0 Å². The molecule has 0 saturated heterocycles. The highest BCUT2D eigenvalue weighted by atomic mass is 19.1. The van der Waals surface area contributed by atoms with Gasteiger partial charge in [-0.15, -0.1) is 0 Å². The molecule has 1 unspecified atom stereocenters. The molecule has 0 fully saturated rings. The lowest BCUT2D eigenvalue weighted by Gasteiger charge is -2.16. The standard InChI is InChI=1S/C17H19FO/c1-12-3-4-13(2)15(9-12)10-16(11-19)14-5-7-17(18)8-6-14/h3-9,16,19H,10-11H2,1-2H3. The van der Waals surface area contributed by atoms with E-state index in [9.17, 15) is 9.50 Å². The summed E-state index contributed by atoms with van der Waals surface area (Å²) in [6.07, 6.45) is 0.773. The normalized spacial score (nSPS) is 12.4. The van der Waals surface area contributed by atoms with Crippen LogP contribution in [0, 0.1) is 19.7 Å². The topological polar surface area (TPSA) is 20.2 Å². The maximum Gasteiger partial charge on any atom is 0.123 e. The Hall–Kier alpha value is -1.67. The van der Waals surface area contributed by atoms with Gasteiger partial charge in [-0.2, -0.15) is 0 Å². The Labute approximate surface area is 113 Å². The second-order valence-corrected chi connectivity index (χ2v) is 5.07. The average molecular weight is 258 g/mol. The number of aryl methyl sites for hydroxylation is 2. The van der Waals surface area contributed by atoms with Gasteiger partial charge in [0.2, 0.25) is 0 Å². The van der Waals surface area contributed by atoms with E-state index in [0.717, 1.165) is 12.0 Å². The van der Waals surface area contributed by atoms with Gasteiger partial charge < -0.3 is 5.11 Å². The number of aliphatic hydroxyl groups excluding tert-OH is 1. The number of hydrogen-bond donors (Lipinski definition) is 1. The van der Waals surface area contributed by atoms with Crippen LogP contribution in [-0.4, -0.2) is 11.7 Å². The van der Waals surface area contributed by atoms with Gasteiger partial charge in [-0.05, 0) is 49.1 Å². The smallest absolute Gasteiger partial charge is 0.123 e. The van der Waals surface area contributed by atoms with Gasteiger partial charge in [0.15, 0.2) is 0 Å². The second-order valence-electron chi connectivity index (χ2n) is 5.07. The van der Waals surface area contributed by atoms with Gasteiger partial charge in [-0.1, -0.05) is 35.9 Å². The molecule has 0 saturated carbocycles. The maximum atomic E-state index is 12.9. The van der Waals surface area contributed by atoms with Crippen LogP contribution in [0.4, 0.5) is 4.39 Å². The summed E-state index contributed by atoms with van der Waals surface area (Å²) in [5.74, 6) is -0.228. The van der Waals surface area contributed by atoms with Gasteiger partial charge in [0, 0.05) is 5.92 Å². The molecule has 19 heavy (non-hydrogen) atoms. The van der Waals surface area contributed by atoms with Crippen molar-refractivity contribution in [1.82, 2.24) is 0 Å². The van der Waals surface area contributed by atoms with Gasteiger partial charge in [0.1, 0.15) is 5.82 Å². The van der Waals surface area contributed by atoms with E-state index < -0.39 is 0 Å². The highest BCUT2D eigenvalue weighted by Gasteiger charge is 2.13. The Morgan fingerprint density at radius 1 is 1.05 bits per heavy atom. The van der Waals surface area contributed by atoms with Gasteiger partial charge in [-0.3, -0.25) is 0 Å². The fourth-order valence-corrected chi connectivity index (χ4v) is 2.31. The minimum Gasteiger partial charge on any atom is -0.396 e. The number of rotatable bonds is 4. The molecule has 2 heteroatoms. The minimum absolute atomic E-state index is 0.0149. The zero-order chi connectivity index (χ0) is 13.8. The van der Waals surface area contributed by atoms with E-state index in [2.05, 4.69) is 32.0 Å². The zero-order valence-electron chi connectivity index (χ0n) is 11.4. The van der Waals surface area contributed by atoms with E-state index in [1.54, 1.807) is 12.1 Å². The lowest BCUT2D eigenvalue weighted by Crippen LogP contribution is -2.09. The summed E-state index contributed by atoms with van der Waals surface area (Å²) in [6.45, 7) is 4.21. The first-order valence-electron chi connectivity index (χ1n) is 6.52. The molecule has 2 aromatic carbocycles. The van der Waals surface area contributed by atoms with E-state index >= 15 is 0 Å². The van der Waals surface area contributed by atoms with Crippen LogP contribution in [0.1, 0.15) is 28.2 Å². The van der Waals surface area contributed by atoms with Crippen molar-refractivity contribution in [3.05, 3.63) is 70.5 Å². The maximum absolute atomic E-state index is 12.9. The monoisotopic (exact) mass is 258 g/mol. The van der Waals surface area contributed by atoms with Crippen LogP contribution in [0.25, 0.3) is 0 Å². The van der Waals surface area contributed by atoms with Gasteiger partial charge in [-0.25, -0.2) is 4.39 Å². The molecule has 2 rings (SSSR count). The number of halogens is 1. The number of hydrogen-bond acceptors (Lipinski definition) is 1. The van der Waals surface area contributed by atoms with Crippen LogP contribution < -0.4 is 0 Å². The molecule has 0 aliphatic heterocycles. The number of benzene rings is 2. The molecule has 1 nitrogen and oxygen atoms in total. The molecule has 2 aromatic rings. The van der Waals surface area contributed by atoms with Crippen LogP contribution in [-0.2, 0) is 6.42 Å². The Balaban J connectivity index is 2.23. The van der Waals surface area contributed by atoms with Gasteiger partial charge >= 0.3 is 0 Å². The second kappa shape index (κ2) is 5.98. The number of aliphatic hydroxyl groups is 1. The Kier molecular flexibility index (Phi) is 4.33. The van der Waals surface area contributed by atoms with Crippen LogP contribution in [0.5, 0.6) is 0 Å². The van der Waals surface area contributed by atoms with Crippen molar-refractivity contribution in [2.45, 2.75) is 26.2 Å².